The summed E-state index contributed by atoms with van der Waals surface area (Å²) in [6, 6.07) is 10.3. The van der Waals surface area contributed by atoms with Crippen LogP contribution in [0.3, 0.4) is 0 Å². The Morgan fingerprint density at radius 3 is 3.04 bits per heavy atom. The first-order chi connectivity index (χ1) is 12.6. The van der Waals surface area contributed by atoms with Crippen LogP contribution in [0.4, 0.5) is 15.8 Å². The third-order valence-electron chi connectivity index (χ3n) is 4.40. The summed E-state index contributed by atoms with van der Waals surface area (Å²) in [5.74, 6) is 0.102. The molecular formula is C18H17FN6O. The molecule has 0 saturated heterocycles. The van der Waals surface area contributed by atoms with Crippen LogP contribution in [0.2, 0.25) is 0 Å². The minimum atomic E-state index is -0.231. The molecule has 1 amide bonds. The van der Waals surface area contributed by atoms with Crippen molar-refractivity contribution in [3.8, 4) is 11.4 Å². The number of hydrogen-bond donors (Lipinski definition) is 2. The van der Waals surface area contributed by atoms with Gasteiger partial charge in [-0.3, -0.25) is 4.79 Å². The Bertz CT molecular complexity index is 956. The van der Waals surface area contributed by atoms with Crippen LogP contribution in [0.1, 0.15) is 11.1 Å². The van der Waals surface area contributed by atoms with Crippen molar-refractivity contribution < 1.29 is 9.18 Å². The fraction of sp³-hybridized carbons (Fsp3) is 0.222. The maximum absolute atomic E-state index is 13.5. The third-order valence-corrected chi connectivity index (χ3v) is 4.40. The first-order valence-electron chi connectivity index (χ1n) is 8.28. The summed E-state index contributed by atoms with van der Waals surface area (Å²) >= 11 is 0. The zero-order chi connectivity index (χ0) is 18.1. The number of fused-ring (bicyclic) bond motifs is 1. The van der Waals surface area contributed by atoms with E-state index in [1.165, 1.54) is 6.07 Å². The zero-order valence-corrected chi connectivity index (χ0v) is 14.2. The Morgan fingerprint density at radius 1 is 1.35 bits per heavy atom. The van der Waals surface area contributed by atoms with Crippen LogP contribution in [0.5, 0.6) is 0 Å². The van der Waals surface area contributed by atoms with E-state index in [0.29, 0.717) is 18.1 Å². The van der Waals surface area contributed by atoms with Crippen molar-refractivity contribution in [2.45, 2.75) is 13.3 Å². The fourth-order valence-electron chi connectivity index (χ4n) is 3.37. The number of aromatic amines is 1. The molecule has 26 heavy (non-hydrogen) atoms. The van der Waals surface area contributed by atoms with E-state index in [0.717, 1.165) is 28.8 Å². The Hall–Kier alpha value is -3.29. The number of benzene rings is 2. The van der Waals surface area contributed by atoms with Crippen molar-refractivity contribution >= 4 is 17.3 Å². The van der Waals surface area contributed by atoms with Crippen LogP contribution in [0, 0.1) is 12.7 Å². The first-order valence-corrected chi connectivity index (χ1v) is 8.28. The second kappa shape index (κ2) is 6.55. The number of amides is 1. The van der Waals surface area contributed by atoms with Gasteiger partial charge in [0.25, 0.3) is 0 Å². The molecule has 0 spiro atoms. The van der Waals surface area contributed by atoms with Crippen LogP contribution < -0.4 is 10.2 Å². The maximum Gasteiger partial charge on any atom is 0.243 e. The highest BCUT2D eigenvalue weighted by atomic mass is 19.1. The quantitative estimate of drug-likeness (QED) is 0.752. The van der Waals surface area contributed by atoms with Gasteiger partial charge in [0.15, 0.2) is 0 Å². The Morgan fingerprint density at radius 2 is 2.23 bits per heavy atom. The summed E-state index contributed by atoms with van der Waals surface area (Å²) in [4.78, 5) is 14.5. The lowest BCUT2D eigenvalue weighted by Crippen LogP contribution is -2.32. The van der Waals surface area contributed by atoms with Crippen LogP contribution >= 0.6 is 0 Å². The molecule has 2 heterocycles. The second-order valence-electron chi connectivity index (χ2n) is 6.27. The number of hydrogen-bond acceptors (Lipinski definition) is 5. The van der Waals surface area contributed by atoms with Gasteiger partial charge >= 0.3 is 0 Å². The Labute approximate surface area is 149 Å². The number of carbonyl (C=O) groups is 1. The molecule has 0 fully saturated rings. The molecule has 0 unspecified atom stereocenters. The van der Waals surface area contributed by atoms with Gasteiger partial charge in [-0.1, -0.05) is 12.1 Å². The van der Waals surface area contributed by atoms with E-state index >= 15 is 0 Å². The number of halogens is 1. The van der Waals surface area contributed by atoms with Gasteiger partial charge in [-0.05, 0) is 54.0 Å². The molecule has 0 radical (unpaired) electrons. The summed E-state index contributed by atoms with van der Waals surface area (Å²) in [5, 5.41) is 16.7. The number of tetrazole rings is 1. The zero-order valence-electron chi connectivity index (χ0n) is 14.2. The molecule has 2 N–H and O–H groups in total. The third kappa shape index (κ3) is 3.13. The first kappa shape index (κ1) is 16.2. The largest absolute Gasteiger partial charge is 0.361 e. The average Bonchev–Trinajstić information content (AvgIpc) is 3.25. The molecular weight excluding hydrogens is 335 g/mol. The lowest BCUT2D eigenvalue weighted by Gasteiger charge is -2.20. The summed E-state index contributed by atoms with van der Waals surface area (Å²) in [7, 11) is 0. The Balaban J connectivity index is 1.47. The van der Waals surface area contributed by atoms with Crippen LogP contribution in [-0.4, -0.2) is 39.6 Å². The predicted octanol–water partition coefficient (Wildman–Crippen LogP) is 2.32. The molecule has 0 aliphatic carbocycles. The van der Waals surface area contributed by atoms with Crippen LogP contribution in [0.15, 0.2) is 36.4 Å². The highest BCUT2D eigenvalue weighted by Crippen LogP contribution is 2.32. The van der Waals surface area contributed by atoms with Gasteiger partial charge in [-0.25, -0.2) is 4.39 Å². The molecule has 1 aliphatic rings. The number of anilines is 2. The van der Waals surface area contributed by atoms with Gasteiger partial charge in [-0.2, -0.15) is 5.21 Å². The lowest BCUT2D eigenvalue weighted by molar-refractivity contribution is -0.115. The average molecular weight is 352 g/mol. The molecule has 8 heteroatoms. The number of carbonyl (C=O) groups excluding carboxylic acids is 1. The van der Waals surface area contributed by atoms with E-state index in [1.807, 2.05) is 24.0 Å². The lowest BCUT2D eigenvalue weighted by atomic mass is 10.1. The number of rotatable bonds is 4. The Kier molecular flexibility index (Phi) is 4.08. The normalized spacial score (nSPS) is 12.9. The number of H-pyrrole nitrogens is 1. The monoisotopic (exact) mass is 352 g/mol. The van der Waals surface area contributed by atoms with Gasteiger partial charge in [0, 0.05) is 23.5 Å². The molecule has 0 atom stereocenters. The fourth-order valence-corrected chi connectivity index (χ4v) is 3.37. The number of nitrogens with one attached hydrogen (secondary N) is 2. The molecule has 132 valence electrons. The molecule has 1 aliphatic heterocycles. The topological polar surface area (TPSA) is 86.8 Å². The summed E-state index contributed by atoms with van der Waals surface area (Å²) < 4.78 is 13.5. The second-order valence-corrected chi connectivity index (χ2v) is 6.27. The van der Waals surface area contributed by atoms with Crippen molar-refractivity contribution in [3.63, 3.8) is 0 Å². The number of aryl methyl sites for hydroxylation is 1. The summed E-state index contributed by atoms with van der Waals surface area (Å²) in [5.41, 5.74) is 4.18. The summed E-state index contributed by atoms with van der Waals surface area (Å²) in [6.45, 7) is 2.79. The van der Waals surface area contributed by atoms with Crippen molar-refractivity contribution in [1.29, 1.82) is 0 Å². The van der Waals surface area contributed by atoms with Gasteiger partial charge in [0.2, 0.25) is 11.7 Å². The molecule has 3 aromatic rings. The van der Waals surface area contributed by atoms with E-state index in [2.05, 4.69) is 25.9 Å². The smallest absolute Gasteiger partial charge is 0.243 e. The van der Waals surface area contributed by atoms with E-state index in [-0.39, 0.29) is 18.3 Å². The van der Waals surface area contributed by atoms with Gasteiger partial charge in [-0.15, -0.1) is 10.2 Å². The molecule has 7 nitrogen and oxygen atoms in total. The molecule has 0 bridgehead atoms. The van der Waals surface area contributed by atoms with E-state index in [4.69, 9.17) is 0 Å². The number of aromatic nitrogens is 4. The molecule has 2 aromatic carbocycles. The maximum atomic E-state index is 13.5. The standard InChI is InChI=1S/C18H17FN6O/c1-11-7-14(19)8-12-5-6-25(17(11)12)10-16(26)20-15-4-2-3-13(9-15)18-21-23-24-22-18/h2-4,7-9H,5-6,10H2,1H3,(H,20,26)(H,21,22,23,24). The SMILES string of the molecule is Cc1cc(F)cc2c1N(CC(=O)Nc1cccc(-c3nn[nH]n3)c1)CC2. The van der Waals surface area contributed by atoms with Gasteiger partial charge in [0.05, 0.1) is 6.54 Å². The van der Waals surface area contributed by atoms with Crippen molar-refractivity contribution in [3.05, 3.63) is 53.3 Å². The van der Waals surface area contributed by atoms with E-state index in [9.17, 15) is 9.18 Å². The molecule has 1 aromatic heterocycles. The van der Waals surface area contributed by atoms with Crippen LogP contribution in [0.25, 0.3) is 11.4 Å². The van der Waals surface area contributed by atoms with E-state index in [1.54, 1.807) is 18.2 Å². The van der Waals surface area contributed by atoms with Gasteiger partial charge < -0.3 is 10.2 Å². The molecule has 4 rings (SSSR count). The van der Waals surface area contributed by atoms with Crippen molar-refractivity contribution in [2.75, 3.05) is 23.3 Å². The highest BCUT2D eigenvalue weighted by Gasteiger charge is 2.23. The van der Waals surface area contributed by atoms with E-state index < -0.39 is 0 Å². The molecule has 0 saturated carbocycles. The van der Waals surface area contributed by atoms with Crippen molar-refractivity contribution in [2.24, 2.45) is 0 Å². The number of nitrogens with zero attached hydrogens (tertiary/aromatic N) is 4. The summed E-state index contributed by atoms with van der Waals surface area (Å²) in [6.07, 6.45) is 0.745. The minimum Gasteiger partial charge on any atom is -0.361 e. The highest BCUT2D eigenvalue weighted by molar-refractivity contribution is 5.95. The van der Waals surface area contributed by atoms with Gasteiger partial charge in [0.1, 0.15) is 5.82 Å². The predicted molar refractivity (Wildman–Crippen MR) is 95.3 cm³/mol. The van der Waals surface area contributed by atoms with Crippen LogP contribution in [-0.2, 0) is 11.2 Å². The minimum absolute atomic E-state index is 0.133. The van der Waals surface area contributed by atoms with Crippen molar-refractivity contribution in [1.82, 2.24) is 20.6 Å².